The average Bonchev–Trinajstić information content (AvgIpc) is 3.11. The number of nitrogens with zero attached hydrogens (tertiary/aromatic N) is 3. The fourth-order valence-electron chi connectivity index (χ4n) is 3.52. The fraction of sp³-hybridized carbons (Fsp3) is 0.286. The van der Waals surface area contributed by atoms with Gasteiger partial charge < -0.3 is 10.2 Å². The Bertz CT molecular complexity index is 1050. The van der Waals surface area contributed by atoms with E-state index in [1.807, 2.05) is 30.0 Å². The molecule has 1 aliphatic rings. The lowest BCUT2D eigenvalue weighted by Crippen LogP contribution is -2.36. The summed E-state index contributed by atoms with van der Waals surface area (Å²) in [5.41, 5.74) is 2.35. The van der Waals surface area contributed by atoms with E-state index >= 15 is 0 Å². The summed E-state index contributed by atoms with van der Waals surface area (Å²) < 4.78 is 1.66. The van der Waals surface area contributed by atoms with E-state index < -0.39 is 0 Å². The minimum atomic E-state index is -0.385. The Balaban J connectivity index is 1.70. The summed E-state index contributed by atoms with van der Waals surface area (Å²) in [7, 11) is 0. The van der Waals surface area contributed by atoms with Crippen LogP contribution in [-0.2, 0) is 0 Å². The lowest BCUT2D eigenvalue weighted by molar-refractivity contribution is 0.0721. The number of carbonyl (C=O) groups is 2. The highest BCUT2D eigenvalue weighted by Crippen LogP contribution is 2.24. The second-order valence-electron chi connectivity index (χ2n) is 6.96. The van der Waals surface area contributed by atoms with E-state index in [0.717, 1.165) is 37.9 Å². The Morgan fingerprint density at radius 3 is 2.64 bits per heavy atom. The Labute approximate surface area is 168 Å². The maximum Gasteiger partial charge on any atom is 0.292 e. The SMILES string of the molecule is Cc1c(Cl)cccc1NC(=O)c1nc(C(=O)N2CCCCC2)c2ccccn12. The van der Waals surface area contributed by atoms with Gasteiger partial charge in [0.1, 0.15) is 0 Å². The minimum Gasteiger partial charge on any atom is -0.337 e. The molecule has 28 heavy (non-hydrogen) atoms. The standard InChI is InChI=1S/C21H21ClN4O2/c1-14-15(22)8-7-9-16(14)23-20(27)19-24-18(17-10-3-6-13-26(17)19)21(28)25-11-4-2-5-12-25/h3,6-10,13H,2,4-5,11-12H2,1H3,(H,23,27). The number of imidazole rings is 1. The van der Waals surface area contributed by atoms with Crippen LogP contribution in [0.2, 0.25) is 5.02 Å². The molecular weight excluding hydrogens is 376 g/mol. The molecule has 0 spiro atoms. The van der Waals surface area contributed by atoms with Crippen LogP contribution in [0.4, 0.5) is 5.69 Å². The Morgan fingerprint density at radius 1 is 1.07 bits per heavy atom. The molecule has 3 aromatic rings. The maximum absolute atomic E-state index is 13.0. The van der Waals surface area contributed by atoms with Gasteiger partial charge in [0.15, 0.2) is 5.69 Å². The van der Waals surface area contributed by atoms with Gasteiger partial charge in [-0.05, 0) is 56.0 Å². The molecule has 0 aliphatic carbocycles. The molecule has 0 bridgehead atoms. The van der Waals surface area contributed by atoms with Gasteiger partial charge in [0.25, 0.3) is 11.8 Å². The fourth-order valence-corrected chi connectivity index (χ4v) is 3.70. The van der Waals surface area contributed by atoms with Gasteiger partial charge in [-0.25, -0.2) is 4.98 Å². The number of benzene rings is 1. The molecular formula is C21H21ClN4O2. The van der Waals surface area contributed by atoms with Crippen molar-refractivity contribution in [1.82, 2.24) is 14.3 Å². The van der Waals surface area contributed by atoms with E-state index in [4.69, 9.17) is 11.6 Å². The summed E-state index contributed by atoms with van der Waals surface area (Å²) >= 11 is 6.15. The number of anilines is 1. The lowest BCUT2D eigenvalue weighted by Gasteiger charge is -2.25. The Morgan fingerprint density at radius 2 is 1.86 bits per heavy atom. The smallest absolute Gasteiger partial charge is 0.292 e. The quantitative estimate of drug-likeness (QED) is 0.722. The first-order valence-corrected chi connectivity index (χ1v) is 9.77. The number of hydrogen-bond donors (Lipinski definition) is 1. The van der Waals surface area contributed by atoms with Gasteiger partial charge in [0.2, 0.25) is 5.82 Å². The van der Waals surface area contributed by atoms with Gasteiger partial charge in [-0.2, -0.15) is 0 Å². The second kappa shape index (κ2) is 7.64. The molecule has 1 aliphatic heterocycles. The highest BCUT2D eigenvalue weighted by Gasteiger charge is 2.26. The van der Waals surface area contributed by atoms with Crippen molar-refractivity contribution in [1.29, 1.82) is 0 Å². The summed E-state index contributed by atoms with van der Waals surface area (Å²) in [4.78, 5) is 32.2. The van der Waals surface area contributed by atoms with Crippen LogP contribution in [0.5, 0.6) is 0 Å². The van der Waals surface area contributed by atoms with Gasteiger partial charge in [0.05, 0.1) is 5.52 Å². The van der Waals surface area contributed by atoms with E-state index in [-0.39, 0.29) is 17.6 Å². The monoisotopic (exact) mass is 396 g/mol. The van der Waals surface area contributed by atoms with Crippen LogP contribution in [0.25, 0.3) is 5.52 Å². The zero-order chi connectivity index (χ0) is 19.7. The molecule has 0 atom stereocenters. The molecule has 1 N–H and O–H groups in total. The summed E-state index contributed by atoms with van der Waals surface area (Å²) in [5, 5.41) is 3.44. The minimum absolute atomic E-state index is 0.124. The molecule has 0 radical (unpaired) electrons. The normalized spacial score (nSPS) is 14.3. The molecule has 3 heterocycles. The van der Waals surface area contributed by atoms with Crippen molar-refractivity contribution in [2.24, 2.45) is 0 Å². The second-order valence-corrected chi connectivity index (χ2v) is 7.37. The summed E-state index contributed by atoms with van der Waals surface area (Å²) in [6.07, 6.45) is 4.88. The van der Waals surface area contributed by atoms with Crippen LogP contribution >= 0.6 is 11.6 Å². The first-order chi connectivity index (χ1) is 13.6. The third kappa shape index (κ3) is 3.36. The van der Waals surface area contributed by atoms with Crippen LogP contribution in [0, 0.1) is 6.92 Å². The summed E-state index contributed by atoms with van der Waals surface area (Å²) in [5.74, 6) is -0.332. The van der Waals surface area contributed by atoms with Crippen LogP contribution < -0.4 is 5.32 Å². The molecule has 2 aromatic heterocycles. The Hall–Kier alpha value is -2.86. The number of pyridine rings is 1. The molecule has 1 saturated heterocycles. The van der Waals surface area contributed by atoms with Crippen LogP contribution in [0.1, 0.15) is 45.9 Å². The maximum atomic E-state index is 13.0. The van der Waals surface area contributed by atoms with Gasteiger partial charge in [0, 0.05) is 30.0 Å². The molecule has 6 nitrogen and oxygen atoms in total. The molecule has 0 saturated carbocycles. The zero-order valence-corrected chi connectivity index (χ0v) is 16.4. The molecule has 0 unspecified atom stereocenters. The van der Waals surface area contributed by atoms with Crippen molar-refractivity contribution in [3.05, 3.63) is 64.7 Å². The Kier molecular flexibility index (Phi) is 5.05. The van der Waals surface area contributed by atoms with Crippen LogP contribution in [0.15, 0.2) is 42.6 Å². The first kappa shape index (κ1) is 18.5. The van der Waals surface area contributed by atoms with Crippen molar-refractivity contribution in [3.8, 4) is 0 Å². The predicted octanol–water partition coefficient (Wildman–Crippen LogP) is 4.17. The van der Waals surface area contributed by atoms with Crippen molar-refractivity contribution < 1.29 is 9.59 Å². The molecule has 4 rings (SSSR count). The molecule has 7 heteroatoms. The highest BCUT2D eigenvalue weighted by atomic mass is 35.5. The number of rotatable bonds is 3. The van der Waals surface area contributed by atoms with Crippen molar-refractivity contribution in [3.63, 3.8) is 0 Å². The number of piperidine rings is 1. The van der Waals surface area contributed by atoms with Crippen LogP contribution in [0.3, 0.4) is 0 Å². The molecule has 1 fully saturated rings. The van der Waals surface area contributed by atoms with Crippen molar-refractivity contribution in [2.75, 3.05) is 18.4 Å². The topological polar surface area (TPSA) is 66.7 Å². The number of fused-ring (bicyclic) bond motifs is 1. The number of likely N-dealkylation sites (tertiary alicyclic amines) is 1. The first-order valence-electron chi connectivity index (χ1n) is 9.39. The zero-order valence-electron chi connectivity index (χ0n) is 15.6. The molecule has 1 aromatic carbocycles. The largest absolute Gasteiger partial charge is 0.337 e. The van der Waals surface area contributed by atoms with E-state index in [9.17, 15) is 9.59 Å². The summed E-state index contributed by atoms with van der Waals surface area (Å²) in [6.45, 7) is 3.30. The third-order valence-corrected chi connectivity index (χ3v) is 5.52. The van der Waals surface area contributed by atoms with Gasteiger partial charge >= 0.3 is 0 Å². The molecule has 144 valence electrons. The van der Waals surface area contributed by atoms with E-state index in [2.05, 4.69) is 10.3 Å². The number of halogens is 1. The van der Waals surface area contributed by atoms with E-state index in [1.165, 1.54) is 0 Å². The molecule has 2 amide bonds. The highest BCUT2D eigenvalue weighted by molar-refractivity contribution is 6.31. The van der Waals surface area contributed by atoms with Gasteiger partial charge in [-0.15, -0.1) is 0 Å². The van der Waals surface area contributed by atoms with Crippen molar-refractivity contribution in [2.45, 2.75) is 26.2 Å². The van der Waals surface area contributed by atoms with Gasteiger partial charge in [-0.1, -0.05) is 23.7 Å². The number of nitrogens with one attached hydrogen (secondary N) is 1. The number of hydrogen-bond acceptors (Lipinski definition) is 3. The van der Waals surface area contributed by atoms with Crippen molar-refractivity contribution >= 4 is 34.6 Å². The predicted molar refractivity (Wildman–Crippen MR) is 109 cm³/mol. The lowest BCUT2D eigenvalue weighted by atomic mass is 10.1. The average molecular weight is 397 g/mol. The van der Waals surface area contributed by atoms with E-state index in [1.54, 1.807) is 28.8 Å². The number of amides is 2. The van der Waals surface area contributed by atoms with Gasteiger partial charge in [-0.3, -0.25) is 14.0 Å². The van der Waals surface area contributed by atoms with E-state index in [0.29, 0.717) is 21.9 Å². The summed E-state index contributed by atoms with van der Waals surface area (Å²) in [6, 6.07) is 10.8. The number of carbonyl (C=O) groups excluding carboxylic acids is 2. The van der Waals surface area contributed by atoms with Crippen LogP contribution in [-0.4, -0.2) is 39.2 Å². The third-order valence-electron chi connectivity index (χ3n) is 5.11. The number of aromatic nitrogens is 2.